The van der Waals surface area contributed by atoms with Gasteiger partial charge in [-0.15, -0.1) is 0 Å². The fourth-order valence-electron chi connectivity index (χ4n) is 3.63. The molecule has 1 saturated carbocycles. The summed E-state index contributed by atoms with van der Waals surface area (Å²) in [7, 11) is 0. The van der Waals surface area contributed by atoms with E-state index < -0.39 is 0 Å². The van der Waals surface area contributed by atoms with Crippen LogP contribution in [0.25, 0.3) is 0 Å². The zero-order valence-corrected chi connectivity index (χ0v) is 13.2. The molecule has 4 unspecified atom stereocenters. The largest absolute Gasteiger partial charge is 0.376 e. The van der Waals surface area contributed by atoms with Crippen molar-refractivity contribution in [2.75, 3.05) is 19.7 Å². The first-order valence-corrected chi connectivity index (χ1v) is 8.14. The lowest BCUT2D eigenvalue weighted by molar-refractivity contribution is -0.0747. The molecule has 1 heterocycles. The molecule has 2 rings (SSSR count). The Labute approximate surface area is 123 Å². The summed E-state index contributed by atoms with van der Waals surface area (Å²) in [6.07, 6.45) is 5.71. The van der Waals surface area contributed by atoms with E-state index >= 15 is 0 Å². The van der Waals surface area contributed by atoms with Crippen LogP contribution in [0.1, 0.15) is 52.9 Å². The average molecular weight is 279 g/mol. The maximum atomic E-state index is 9.65. The smallest absolute Gasteiger partial charge is 0.108 e. The number of morpholine rings is 1. The van der Waals surface area contributed by atoms with Crippen LogP contribution >= 0.6 is 0 Å². The van der Waals surface area contributed by atoms with Gasteiger partial charge >= 0.3 is 0 Å². The second-order valence-corrected chi connectivity index (χ2v) is 6.56. The Morgan fingerprint density at radius 1 is 1.45 bits per heavy atom. The topological polar surface area (TPSA) is 48.3 Å². The minimum Gasteiger partial charge on any atom is -0.376 e. The van der Waals surface area contributed by atoms with Crippen molar-refractivity contribution in [3.05, 3.63) is 0 Å². The number of ether oxygens (including phenoxy) is 1. The molecule has 0 radical (unpaired) electrons. The number of nitrogens with zero attached hydrogens (tertiary/aromatic N) is 2. The highest BCUT2D eigenvalue weighted by Crippen LogP contribution is 2.33. The summed E-state index contributed by atoms with van der Waals surface area (Å²) in [4.78, 5) is 2.58. The van der Waals surface area contributed by atoms with Crippen molar-refractivity contribution in [3.63, 3.8) is 0 Å². The van der Waals surface area contributed by atoms with Gasteiger partial charge < -0.3 is 4.74 Å². The zero-order valence-electron chi connectivity index (χ0n) is 13.2. The first-order chi connectivity index (χ1) is 9.60. The first kappa shape index (κ1) is 15.8. The molecule has 2 fully saturated rings. The second-order valence-electron chi connectivity index (χ2n) is 6.56. The van der Waals surface area contributed by atoms with Gasteiger partial charge in [0, 0.05) is 18.6 Å². The highest BCUT2D eigenvalue weighted by atomic mass is 16.5. The Morgan fingerprint density at radius 2 is 2.25 bits per heavy atom. The highest BCUT2D eigenvalue weighted by Gasteiger charge is 2.40. The standard InChI is InChI=1S/C16H29N3O/c1-4-8-18-16(12-17)7-5-6-15(9-16)19-10-14(3)20-11-13(19)2/h13-15,18H,4-11H2,1-3H3. The van der Waals surface area contributed by atoms with Crippen LogP contribution in [0.3, 0.4) is 0 Å². The van der Waals surface area contributed by atoms with Gasteiger partial charge in [0.25, 0.3) is 0 Å². The lowest BCUT2D eigenvalue weighted by Gasteiger charge is -2.47. The molecule has 0 aromatic rings. The molecule has 4 heteroatoms. The van der Waals surface area contributed by atoms with Crippen LogP contribution in [-0.4, -0.2) is 48.3 Å². The quantitative estimate of drug-likeness (QED) is 0.858. The fraction of sp³-hybridized carbons (Fsp3) is 0.938. The van der Waals surface area contributed by atoms with Gasteiger partial charge in [0.15, 0.2) is 0 Å². The van der Waals surface area contributed by atoms with Crippen molar-refractivity contribution < 1.29 is 4.74 Å². The number of rotatable bonds is 4. The summed E-state index contributed by atoms with van der Waals surface area (Å²) in [6, 6.07) is 3.57. The van der Waals surface area contributed by atoms with Gasteiger partial charge in [-0.05, 0) is 52.5 Å². The van der Waals surface area contributed by atoms with E-state index in [0.29, 0.717) is 18.2 Å². The molecule has 0 spiro atoms. The maximum absolute atomic E-state index is 9.65. The van der Waals surface area contributed by atoms with Crippen LogP contribution in [0.2, 0.25) is 0 Å². The Kier molecular flexibility index (Phi) is 5.42. The Bertz CT molecular complexity index is 354. The summed E-state index contributed by atoms with van der Waals surface area (Å²) in [5, 5.41) is 13.2. The molecular weight excluding hydrogens is 250 g/mol. The number of nitriles is 1. The van der Waals surface area contributed by atoms with E-state index in [-0.39, 0.29) is 5.54 Å². The number of hydrogen-bond acceptors (Lipinski definition) is 4. The van der Waals surface area contributed by atoms with Gasteiger partial charge in [-0.25, -0.2) is 0 Å². The van der Waals surface area contributed by atoms with Crippen molar-refractivity contribution in [2.45, 2.75) is 76.6 Å². The summed E-state index contributed by atoms with van der Waals surface area (Å²) in [5.41, 5.74) is -0.305. The lowest BCUT2D eigenvalue weighted by atomic mass is 9.78. The molecule has 0 aromatic carbocycles. The summed E-state index contributed by atoms with van der Waals surface area (Å²) >= 11 is 0. The first-order valence-electron chi connectivity index (χ1n) is 8.14. The molecule has 1 N–H and O–H groups in total. The third kappa shape index (κ3) is 3.52. The third-order valence-electron chi connectivity index (χ3n) is 4.78. The predicted octanol–water partition coefficient (Wildman–Crippen LogP) is 2.30. The average Bonchev–Trinajstić information content (AvgIpc) is 2.48. The highest BCUT2D eigenvalue weighted by molar-refractivity contribution is 5.11. The predicted molar refractivity (Wildman–Crippen MR) is 80.5 cm³/mol. The minimum atomic E-state index is -0.305. The Morgan fingerprint density at radius 3 is 2.95 bits per heavy atom. The Hall–Kier alpha value is -0.630. The van der Waals surface area contributed by atoms with E-state index in [1.54, 1.807) is 0 Å². The number of hydrogen-bond donors (Lipinski definition) is 1. The normalized spacial score (nSPS) is 39.4. The third-order valence-corrected chi connectivity index (χ3v) is 4.78. The van der Waals surface area contributed by atoms with Gasteiger partial charge in [0.1, 0.15) is 5.54 Å². The minimum absolute atomic E-state index is 0.305. The van der Waals surface area contributed by atoms with E-state index in [0.717, 1.165) is 45.4 Å². The maximum Gasteiger partial charge on any atom is 0.108 e. The van der Waals surface area contributed by atoms with Crippen LogP contribution in [0, 0.1) is 11.3 Å². The summed E-state index contributed by atoms with van der Waals surface area (Å²) in [5.74, 6) is 0. The van der Waals surface area contributed by atoms with Crippen molar-refractivity contribution in [1.29, 1.82) is 5.26 Å². The van der Waals surface area contributed by atoms with Gasteiger partial charge in [0.05, 0.1) is 18.8 Å². The molecule has 0 amide bonds. The molecule has 2 aliphatic rings. The zero-order chi connectivity index (χ0) is 14.6. The summed E-state index contributed by atoms with van der Waals surface area (Å²) < 4.78 is 5.73. The van der Waals surface area contributed by atoms with E-state index in [2.05, 4.69) is 37.1 Å². The van der Waals surface area contributed by atoms with Crippen molar-refractivity contribution in [2.24, 2.45) is 0 Å². The van der Waals surface area contributed by atoms with Crippen molar-refractivity contribution in [1.82, 2.24) is 10.2 Å². The molecule has 1 aliphatic heterocycles. The molecule has 4 nitrogen and oxygen atoms in total. The van der Waals surface area contributed by atoms with Gasteiger partial charge in [-0.3, -0.25) is 10.2 Å². The molecule has 1 aliphatic carbocycles. The monoisotopic (exact) mass is 279 g/mol. The van der Waals surface area contributed by atoms with Crippen LogP contribution in [0.5, 0.6) is 0 Å². The number of nitrogens with one attached hydrogen (secondary N) is 1. The van der Waals surface area contributed by atoms with Crippen LogP contribution in [-0.2, 0) is 4.74 Å². The van der Waals surface area contributed by atoms with Gasteiger partial charge in [0.2, 0.25) is 0 Å². The fourth-order valence-corrected chi connectivity index (χ4v) is 3.63. The van der Waals surface area contributed by atoms with Crippen LogP contribution in [0.4, 0.5) is 0 Å². The van der Waals surface area contributed by atoms with E-state index in [9.17, 15) is 5.26 Å². The SMILES string of the molecule is CCCNC1(C#N)CCCC(N2CC(C)OCC2C)C1. The van der Waals surface area contributed by atoms with E-state index in [1.807, 2.05) is 0 Å². The molecule has 4 atom stereocenters. The van der Waals surface area contributed by atoms with E-state index in [1.165, 1.54) is 6.42 Å². The molecule has 0 aromatic heterocycles. The molecule has 0 bridgehead atoms. The summed E-state index contributed by atoms with van der Waals surface area (Å²) in [6.45, 7) is 9.31. The molecule has 20 heavy (non-hydrogen) atoms. The van der Waals surface area contributed by atoms with Crippen LogP contribution in [0.15, 0.2) is 0 Å². The van der Waals surface area contributed by atoms with Crippen molar-refractivity contribution in [3.8, 4) is 6.07 Å². The van der Waals surface area contributed by atoms with Crippen LogP contribution < -0.4 is 5.32 Å². The van der Waals surface area contributed by atoms with Gasteiger partial charge in [-0.2, -0.15) is 5.26 Å². The molecule has 114 valence electrons. The van der Waals surface area contributed by atoms with Gasteiger partial charge in [-0.1, -0.05) is 6.92 Å². The van der Waals surface area contributed by atoms with Crippen molar-refractivity contribution >= 4 is 0 Å². The molecular formula is C16H29N3O. The van der Waals surface area contributed by atoms with E-state index in [4.69, 9.17) is 4.74 Å². The Balaban J connectivity index is 2.03. The second kappa shape index (κ2) is 6.89. The lowest BCUT2D eigenvalue weighted by Crippen LogP contribution is -2.58. The molecule has 1 saturated heterocycles.